The van der Waals surface area contributed by atoms with Crippen molar-refractivity contribution in [2.75, 3.05) is 7.11 Å². The van der Waals surface area contributed by atoms with Crippen molar-refractivity contribution in [2.24, 2.45) is 12.1 Å². The SMILES string of the molecule is COc1ccccc1C=NNC(=O)c1nn(C)cc1Br. The van der Waals surface area contributed by atoms with E-state index >= 15 is 0 Å². The van der Waals surface area contributed by atoms with E-state index in [1.54, 1.807) is 25.0 Å². The zero-order chi connectivity index (χ0) is 14.5. The molecule has 0 spiro atoms. The summed E-state index contributed by atoms with van der Waals surface area (Å²) in [5, 5.41) is 7.93. The monoisotopic (exact) mass is 336 g/mol. The molecule has 7 heteroatoms. The van der Waals surface area contributed by atoms with Crippen molar-refractivity contribution in [3.05, 3.63) is 46.2 Å². The lowest BCUT2D eigenvalue weighted by Crippen LogP contribution is -2.19. The highest BCUT2D eigenvalue weighted by molar-refractivity contribution is 9.10. The van der Waals surface area contributed by atoms with Crippen LogP contribution >= 0.6 is 15.9 Å². The largest absolute Gasteiger partial charge is 0.496 e. The van der Waals surface area contributed by atoms with Crippen molar-refractivity contribution < 1.29 is 9.53 Å². The van der Waals surface area contributed by atoms with E-state index in [4.69, 9.17) is 4.74 Å². The highest BCUT2D eigenvalue weighted by atomic mass is 79.9. The van der Waals surface area contributed by atoms with E-state index in [0.717, 1.165) is 5.56 Å². The van der Waals surface area contributed by atoms with Crippen molar-refractivity contribution >= 4 is 28.1 Å². The van der Waals surface area contributed by atoms with Crippen LogP contribution < -0.4 is 10.2 Å². The summed E-state index contributed by atoms with van der Waals surface area (Å²) in [5.41, 5.74) is 3.48. The van der Waals surface area contributed by atoms with Gasteiger partial charge in [0, 0.05) is 18.8 Å². The average molecular weight is 337 g/mol. The van der Waals surface area contributed by atoms with Gasteiger partial charge in [-0.1, -0.05) is 12.1 Å². The van der Waals surface area contributed by atoms with Gasteiger partial charge in [0.2, 0.25) is 0 Å². The number of hydrazone groups is 1. The molecule has 1 aromatic carbocycles. The van der Waals surface area contributed by atoms with Gasteiger partial charge in [0.15, 0.2) is 5.69 Å². The third kappa shape index (κ3) is 3.24. The van der Waals surface area contributed by atoms with Gasteiger partial charge in [-0.25, -0.2) is 5.43 Å². The molecular formula is C13H13BrN4O2. The van der Waals surface area contributed by atoms with Crippen LogP contribution in [0.2, 0.25) is 0 Å². The van der Waals surface area contributed by atoms with Crippen LogP contribution in [0.1, 0.15) is 16.1 Å². The van der Waals surface area contributed by atoms with Crippen molar-refractivity contribution in [2.45, 2.75) is 0 Å². The van der Waals surface area contributed by atoms with E-state index in [-0.39, 0.29) is 11.6 Å². The summed E-state index contributed by atoms with van der Waals surface area (Å²) in [4.78, 5) is 11.9. The number of hydrogen-bond acceptors (Lipinski definition) is 4. The van der Waals surface area contributed by atoms with Crippen LogP contribution in [0.25, 0.3) is 0 Å². The van der Waals surface area contributed by atoms with Crippen molar-refractivity contribution in [1.82, 2.24) is 15.2 Å². The molecule has 0 aliphatic rings. The molecule has 1 heterocycles. The molecule has 0 aliphatic heterocycles. The zero-order valence-electron chi connectivity index (χ0n) is 11.0. The molecule has 0 aliphatic carbocycles. The minimum absolute atomic E-state index is 0.282. The Balaban J connectivity index is 2.06. The summed E-state index contributed by atoms with van der Waals surface area (Å²) in [6.07, 6.45) is 3.21. The Hall–Kier alpha value is -2.15. The topological polar surface area (TPSA) is 68.5 Å². The Bertz CT molecular complexity index is 652. The number of methoxy groups -OCH3 is 1. The quantitative estimate of drug-likeness (QED) is 0.685. The number of benzene rings is 1. The fourth-order valence-corrected chi connectivity index (χ4v) is 2.16. The lowest BCUT2D eigenvalue weighted by atomic mass is 10.2. The van der Waals surface area contributed by atoms with Crippen LogP contribution in [0, 0.1) is 0 Å². The molecule has 0 saturated carbocycles. The molecule has 1 N–H and O–H groups in total. The Morgan fingerprint density at radius 2 is 2.25 bits per heavy atom. The highest BCUT2D eigenvalue weighted by Crippen LogP contribution is 2.15. The number of para-hydroxylation sites is 1. The van der Waals surface area contributed by atoms with E-state index in [9.17, 15) is 4.79 Å². The minimum Gasteiger partial charge on any atom is -0.496 e. The summed E-state index contributed by atoms with van der Waals surface area (Å²) < 4.78 is 7.34. The lowest BCUT2D eigenvalue weighted by molar-refractivity contribution is 0.0948. The Morgan fingerprint density at radius 3 is 2.90 bits per heavy atom. The number of rotatable bonds is 4. The molecule has 0 saturated heterocycles. The fraction of sp³-hybridized carbons (Fsp3) is 0.154. The Morgan fingerprint density at radius 1 is 1.50 bits per heavy atom. The van der Waals surface area contributed by atoms with Gasteiger partial charge in [0.1, 0.15) is 5.75 Å². The maximum atomic E-state index is 11.9. The number of nitrogens with one attached hydrogen (secondary N) is 1. The second kappa shape index (κ2) is 6.33. The Kier molecular flexibility index (Phi) is 4.52. The lowest BCUT2D eigenvalue weighted by Gasteiger charge is -2.02. The number of carbonyl (C=O) groups is 1. The predicted molar refractivity (Wildman–Crippen MR) is 79.0 cm³/mol. The molecule has 2 rings (SSSR count). The van der Waals surface area contributed by atoms with Crippen LogP contribution in [-0.2, 0) is 7.05 Å². The molecule has 1 aromatic heterocycles. The first-order valence-electron chi connectivity index (χ1n) is 5.77. The molecule has 0 unspecified atom stereocenters. The molecule has 0 atom stereocenters. The van der Waals surface area contributed by atoms with Gasteiger partial charge >= 0.3 is 0 Å². The number of ether oxygens (including phenoxy) is 1. The van der Waals surface area contributed by atoms with Crippen LogP contribution in [0.5, 0.6) is 5.75 Å². The molecule has 0 bridgehead atoms. The van der Waals surface area contributed by atoms with Gasteiger partial charge in [-0.3, -0.25) is 9.48 Å². The fourth-order valence-electron chi connectivity index (χ4n) is 1.60. The first kappa shape index (κ1) is 14.3. The van der Waals surface area contributed by atoms with E-state index in [0.29, 0.717) is 10.2 Å². The molecule has 1 amide bonds. The summed E-state index contributed by atoms with van der Waals surface area (Å²) >= 11 is 3.26. The van der Waals surface area contributed by atoms with Crippen LogP contribution in [0.3, 0.4) is 0 Å². The standard InChI is InChI=1S/C13H13BrN4O2/c1-18-8-10(14)12(17-18)13(19)16-15-7-9-5-3-4-6-11(9)20-2/h3-8H,1-2H3,(H,16,19). The summed E-state index contributed by atoms with van der Waals surface area (Å²) in [6.45, 7) is 0. The van der Waals surface area contributed by atoms with Crippen molar-refractivity contribution in [3.8, 4) is 5.75 Å². The van der Waals surface area contributed by atoms with Crippen LogP contribution in [-0.4, -0.2) is 29.0 Å². The van der Waals surface area contributed by atoms with Gasteiger partial charge in [-0.15, -0.1) is 0 Å². The molecule has 104 valence electrons. The zero-order valence-corrected chi connectivity index (χ0v) is 12.6. The van der Waals surface area contributed by atoms with E-state index in [1.165, 1.54) is 6.21 Å². The molecule has 20 heavy (non-hydrogen) atoms. The summed E-state index contributed by atoms with van der Waals surface area (Å²) in [6, 6.07) is 7.38. The summed E-state index contributed by atoms with van der Waals surface area (Å²) in [5.74, 6) is 0.299. The highest BCUT2D eigenvalue weighted by Gasteiger charge is 2.13. The maximum absolute atomic E-state index is 11.9. The second-order valence-corrected chi connectivity index (χ2v) is 4.79. The first-order valence-corrected chi connectivity index (χ1v) is 6.56. The van der Waals surface area contributed by atoms with Crippen molar-refractivity contribution in [3.63, 3.8) is 0 Å². The summed E-state index contributed by atoms with van der Waals surface area (Å²) in [7, 11) is 3.32. The van der Waals surface area contributed by atoms with Gasteiger partial charge in [0.05, 0.1) is 17.8 Å². The molecular weight excluding hydrogens is 324 g/mol. The molecule has 2 aromatic rings. The molecule has 0 radical (unpaired) electrons. The van der Waals surface area contributed by atoms with E-state index < -0.39 is 0 Å². The Labute approximate surface area is 124 Å². The predicted octanol–water partition coefficient (Wildman–Crippen LogP) is 1.96. The van der Waals surface area contributed by atoms with E-state index in [2.05, 4.69) is 31.6 Å². The van der Waals surface area contributed by atoms with Crippen molar-refractivity contribution in [1.29, 1.82) is 0 Å². The number of carbonyl (C=O) groups excluding carboxylic acids is 1. The first-order chi connectivity index (χ1) is 9.61. The number of aryl methyl sites for hydroxylation is 1. The number of halogens is 1. The maximum Gasteiger partial charge on any atom is 0.293 e. The third-order valence-electron chi connectivity index (χ3n) is 2.51. The molecule has 6 nitrogen and oxygen atoms in total. The third-order valence-corrected chi connectivity index (χ3v) is 3.09. The normalized spacial score (nSPS) is 10.8. The van der Waals surface area contributed by atoms with Gasteiger partial charge < -0.3 is 4.74 Å². The number of aromatic nitrogens is 2. The van der Waals surface area contributed by atoms with E-state index in [1.807, 2.05) is 24.3 Å². The smallest absolute Gasteiger partial charge is 0.293 e. The molecule has 0 fully saturated rings. The minimum atomic E-state index is -0.386. The van der Waals surface area contributed by atoms with Crippen LogP contribution in [0.4, 0.5) is 0 Å². The average Bonchev–Trinajstić information content (AvgIpc) is 2.78. The van der Waals surface area contributed by atoms with Crippen LogP contribution in [0.15, 0.2) is 40.0 Å². The van der Waals surface area contributed by atoms with Gasteiger partial charge in [0.25, 0.3) is 5.91 Å². The number of nitrogens with zero attached hydrogens (tertiary/aromatic N) is 3. The van der Waals surface area contributed by atoms with Gasteiger partial charge in [-0.05, 0) is 28.1 Å². The second-order valence-electron chi connectivity index (χ2n) is 3.94. The number of amides is 1. The van der Waals surface area contributed by atoms with Gasteiger partial charge in [-0.2, -0.15) is 10.2 Å². The number of hydrogen-bond donors (Lipinski definition) is 1.